The SMILES string of the molecule is CCN(CC)c1ccc2cc(/C=C/c3cc(=O)oc4cc(C)ccc34)c(=O)oc2c1. The average Bonchev–Trinajstić information content (AvgIpc) is 2.72. The number of hydrogen-bond acceptors (Lipinski definition) is 5. The first-order chi connectivity index (χ1) is 14.5. The van der Waals surface area contributed by atoms with Crippen LogP contribution in [0.15, 0.2) is 67.0 Å². The Morgan fingerprint density at radius 1 is 0.833 bits per heavy atom. The van der Waals surface area contributed by atoms with E-state index in [1.807, 2.05) is 43.3 Å². The molecule has 152 valence electrons. The molecule has 0 spiro atoms. The van der Waals surface area contributed by atoms with Crippen LogP contribution in [0.5, 0.6) is 0 Å². The zero-order valence-corrected chi connectivity index (χ0v) is 17.3. The van der Waals surface area contributed by atoms with Crippen LogP contribution in [-0.2, 0) is 0 Å². The maximum absolute atomic E-state index is 12.5. The van der Waals surface area contributed by atoms with Crippen molar-refractivity contribution in [2.45, 2.75) is 20.8 Å². The fraction of sp³-hybridized carbons (Fsp3) is 0.200. The van der Waals surface area contributed by atoms with Crippen LogP contribution in [0, 0.1) is 6.92 Å². The van der Waals surface area contributed by atoms with Gasteiger partial charge >= 0.3 is 11.3 Å². The normalized spacial score (nSPS) is 11.6. The first-order valence-electron chi connectivity index (χ1n) is 10.0. The predicted octanol–water partition coefficient (Wildman–Crippen LogP) is 5.22. The molecule has 0 unspecified atom stereocenters. The highest BCUT2D eigenvalue weighted by Crippen LogP contribution is 2.23. The van der Waals surface area contributed by atoms with E-state index in [1.165, 1.54) is 6.07 Å². The molecular weight excluding hydrogens is 378 g/mol. The molecule has 0 aliphatic rings. The second-order valence-corrected chi connectivity index (χ2v) is 7.24. The van der Waals surface area contributed by atoms with Gasteiger partial charge in [0.15, 0.2) is 0 Å². The summed E-state index contributed by atoms with van der Waals surface area (Å²) in [7, 11) is 0. The summed E-state index contributed by atoms with van der Waals surface area (Å²) in [5.41, 5.74) is 3.38. The van der Waals surface area contributed by atoms with Crippen LogP contribution >= 0.6 is 0 Å². The van der Waals surface area contributed by atoms with E-state index in [0.717, 1.165) is 35.1 Å². The highest BCUT2D eigenvalue weighted by Gasteiger charge is 2.08. The second-order valence-electron chi connectivity index (χ2n) is 7.24. The molecule has 5 heteroatoms. The van der Waals surface area contributed by atoms with E-state index in [2.05, 4.69) is 18.7 Å². The molecule has 0 aliphatic carbocycles. The smallest absolute Gasteiger partial charge is 0.343 e. The molecule has 5 nitrogen and oxygen atoms in total. The molecule has 0 radical (unpaired) electrons. The van der Waals surface area contributed by atoms with Gasteiger partial charge in [0.2, 0.25) is 0 Å². The minimum absolute atomic E-state index is 0.418. The number of hydrogen-bond donors (Lipinski definition) is 0. The van der Waals surface area contributed by atoms with Crippen LogP contribution in [0.4, 0.5) is 5.69 Å². The predicted molar refractivity (Wildman–Crippen MR) is 122 cm³/mol. The lowest BCUT2D eigenvalue weighted by Crippen LogP contribution is -2.21. The topological polar surface area (TPSA) is 63.7 Å². The van der Waals surface area contributed by atoms with E-state index in [-0.39, 0.29) is 0 Å². The summed E-state index contributed by atoms with van der Waals surface area (Å²) in [5.74, 6) is 0. The monoisotopic (exact) mass is 401 g/mol. The Kier molecular flexibility index (Phi) is 5.27. The van der Waals surface area contributed by atoms with Crippen molar-refractivity contribution < 1.29 is 8.83 Å². The molecule has 0 atom stereocenters. The molecule has 4 rings (SSSR count). The minimum atomic E-state index is -0.428. The fourth-order valence-electron chi connectivity index (χ4n) is 3.63. The second kappa shape index (κ2) is 8.03. The zero-order valence-electron chi connectivity index (χ0n) is 17.3. The summed E-state index contributed by atoms with van der Waals surface area (Å²) in [6.07, 6.45) is 3.43. The lowest BCUT2D eigenvalue weighted by molar-refractivity contribution is 0.559. The number of anilines is 1. The summed E-state index contributed by atoms with van der Waals surface area (Å²) < 4.78 is 10.9. The van der Waals surface area contributed by atoms with Crippen LogP contribution in [0.1, 0.15) is 30.5 Å². The minimum Gasteiger partial charge on any atom is -0.423 e. The van der Waals surface area contributed by atoms with Gasteiger partial charge in [-0.3, -0.25) is 0 Å². The van der Waals surface area contributed by atoms with Crippen molar-refractivity contribution in [3.05, 3.63) is 86.1 Å². The fourth-order valence-corrected chi connectivity index (χ4v) is 3.63. The molecule has 2 aromatic heterocycles. The molecule has 0 saturated heterocycles. The van der Waals surface area contributed by atoms with Crippen molar-refractivity contribution in [1.29, 1.82) is 0 Å². The molecule has 4 aromatic rings. The molecule has 2 aromatic carbocycles. The standard InChI is InChI=1S/C25H23NO4/c1-4-26(5-2)20-10-9-18-13-19(25(28)30-22(18)15-20)8-7-17-14-24(27)29-23-12-16(3)6-11-21(17)23/h6-15H,4-5H2,1-3H3/b8-7+. The van der Waals surface area contributed by atoms with Crippen molar-refractivity contribution in [3.8, 4) is 0 Å². The van der Waals surface area contributed by atoms with Crippen molar-refractivity contribution in [2.24, 2.45) is 0 Å². The van der Waals surface area contributed by atoms with Crippen LogP contribution < -0.4 is 16.2 Å². The van der Waals surface area contributed by atoms with Gasteiger partial charge in [0.05, 0.1) is 5.56 Å². The summed E-state index contributed by atoms with van der Waals surface area (Å²) in [5, 5.41) is 1.66. The van der Waals surface area contributed by atoms with Gasteiger partial charge in [0, 0.05) is 41.7 Å². The van der Waals surface area contributed by atoms with Crippen LogP contribution in [-0.4, -0.2) is 13.1 Å². The third-order valence-corrected chi connectivity index (χ3v) is 5.25. The van der Waals surface area contributed by atoms with Crippen molar-refractivity contribution >= 4 is 39.8 Å². The molecule has 2 heterocycles. The van der Waals surface area contributed by atoms with Gasteiger partial charge in [-0.2, -0.15) is 0 Å². The number of aryl methyl sites for hydroxylation is 1. The molecule has 0 amide bonds. The van der Waals surface area contributed by atoms with E-state index < -0.39 is 11.3 Å². The Bertz CT molecular complexity index is 1370. The number of nitrogens with zero attached hydrogens (tertiary/aromatic N) is 1. The van der Waals surface area contributed by atoms with Gasteiger partial charge in [0.1, 0.15) is 11.2 Å². The van der Waals surface area contributed by atoms with Crippen LogP contribution in [0.3, 0.4) is 0 Å². The Morgan fingerprint density at radius 2 is 1.60 bits per heavy atom. The summed E-state index contributed by atoms with van der Waals surface area (Å²) in [6.45, 7) is 7.88. The zero-order chi connectivity index (χ0) is 21.3. The van der Waals surface area contributed by atoms with E-state index in [1.54, 1.807) is 18.2 Å². The first kappa shape index (κ1) is 19.7. The largest absolute Gasteiger partial charge is 0.423 e. The van der Waals surface area contributed by atoms with Crippen LogP contribution in [0.25, 0.3) is 34.1 Å². The average molecular weight is 401 g/mol. The van der Waals surface area contributed by atoms with Gasteiger partial charge in [-0.1, -0.05) is 18.2 Å². The third-order valence-electron chi connectivity index (χ3n) is 5.25. The number of benzene rings is 2. The summed E-state index contributed by atoms with van der Waals surface area (Å²) in [6, 6.07) is 14.8. The highest BCUT2D eigenvalue weighted by molar-refractivity contribution is 5.90. The molecule has 0 saturated carbocycles. The Hall–Kier alpha value is -3.60. The molecule has 0 N–H and O–H groups in total. The Labute approximate surface area is 173 Å². The molecule has 30 heavy (non-hydrogen) atoms. The van der Waals surface area contributed by atoms with E-state index >= 15 is 0 Å². The van der Waals surface area contributed by atoms with Crippen molar-refractivity contribution in [1.82, 2.24) is 0 Å². The Morgan fingerprint density at radius 3 is 2.37 bits per heavy atom. The first-order valence-corrected chi connectivity index (χ1v) is 10.0. The number of fused-ring (bicyclic) bond motifs is 2. The van der Waals surface area contributed by atoms with E-state index in [4.69, 9.17) is 8.83 Å². The van der Waals surface area contributed by atoms with Gasteiger partial charge in [-0.25, -0.2) is 9.59 Å². The quantitative estimate of drug-likeness (QED) is 0.429. The molecule has 0 aliphatic heterocycles. The van der Waals surface area contributed by atoms with Crippen molar-refractivity contribution in [2.75, 3.05) is 18.0 Å². The van der Waals surface area contributed by atoms with E-state index in [9.17, 15) is 9.59 Å². The molecule has 0 fully saturated rings. The number of rotatable bonds is 5. The molecule has 0 bridgehead atoms. The van der Waals surface area contributed by atoms with Crippen LogP contribution in [0.2, 0.25) is 0 Å². The highest BCUT2D eigenvalue weighted by atomic mass is 16.4. The third kappa shape index (κ3) is 3.79. The van der Waals surface area contributed by atoms with E-state index in [0.29, 0.717) is 22.3 Å². The summed E-state index contributed by atoms with van der Waals surface area (Å²) in [4.78, 5) is 26.7. The summed E-state index contributed by atoms with van der Waals surface area (Å²) >= 11 is 0. The lowest BCUT2D eigenvalue weighted by Gasteiger charge is -2.20. The van der Waals surface area contributed by atoms with Gasteiger partial charge in [-0.05, 0) is 62.2 Å². The van der Waals surface area contributed by atoms with Gasteiger partial charge in [-0.15, -0.1) is 0 Å². The maximum Gasteiger partial charge on any atom is 0.343 e. The maximum atomic E-state index is 12.5. The van der Waals surface area contributed by atoms with Crippen molar-refractivity contribution in [3.63, 3.8) is 0 Å². The van der Waals surface area contributed by atoms with Gasteiger partial charge in [0.25, 0.3) is 0 Å². The Balaban J connectivity index is 1.76. The molecular formula is C25H23NO4. The lowest BCUT2D eigenvalue weighted by atomic mass is 10.1. The van der Waals surface area contributed by atoms with Gasteiger partial charge < -0.3 is 13.7 Å².